The molecule has 2 aliphatic rings. The molecule has 3 unspecified atom stereocenters. The largest absolute Gasteiger partial charge is 0.457 e. The molecule has 0 N–H and O–H groups in total. The minimum atomic E-state index is -3.87. The first-order valence-corrected chi connectivity index (χ1v) is 6.89. The van der Waals surface area contributed by atoms with Gasteiger partial charge in [-0.25, -0.2) is 4.79 Å². The molecule has 0 aromatic rings. The molecule has 0 spiro atoms. The standard InChI is InChI=1S/C10H14F2O3S/c1-16(14)10(11,12)9(13)15-8-5-6-2-3-7(8)4-6/h6-8H,2-5H2,1H3/t6?,7?,8?,16-/m1/s1. The van der Waals surface area contributed by atoms with Crippen LogP contribution in [-0.2, 0) is 20.3 Å². The van der Waals surface area contributed by atoms with Crippen molar-refractivity contribution < 1.29 is 22.5 Å². The first-order valence-electron chi connectivity index (χ1n) is 5.33. The molecule has 92 valence electrons. The molecule has 0 radical (unpaired) electrons. The van der Waals surface area contributed by atoms with Crippen molar-refractivity contribution in [3.05, 3.63) is 0 Å². The van der Waals surface area contributed by atoms with Crippen LogP contribution < -0.4 is 0 Å². The number of halogens is 2. The third-order valence-corrected chi connectivity index (χ3v) is 4.42. The van der Waals surface area contributed by atoms with E-state index in [1.807, 2.05) is 0 Å². The molecule has 2 rings (SSSR count). The zero-order valence-electron chi connectivity index (χ0n) is 8.95. The summed E-state index contributed by atoms with van der Waals surface area (Å²) < 4.78 is 41.6. The average Bonchev–Trinajstić information content (AvgIpc) is 2.78. The molecular weight excluding hydrogens is 238 g/mol. The number of alkyl halides is 2. The van der Waals surface area contributed by atoms with E-state index in [-0.39, 0.29) is 12.0 Å². The van der Waals surface area contributed by atoms with Crippen molar-refractivity contribution in [3.63, 3.8) is 0 Å². The number of fused-ring (bicyclic) bond motifs is 2. The molecule has 2 bridgehead atoms. The number of carbonyl (C=O) groups excluding carboxylic acids is 1. The van der Waals surface area contributed by atoms with Crippen LogP contribution in [0.1, 0.15) is 25.7 Å². The van der Waals surface area contributed by atoms with E-state index < -0.39 is 22.0 Å². The Kier molecular flexibility index (Phi) is 3.03. The topological polar surface area (TPSA) is 43.4 Å². The summed E-state index contributed by atoms with van der Waals surface area (Å²) in [6.07, 6.45) is 4.13. The summed E-state index contributed by atoms with van der Waals surface area (Å²) in [7, 11) is -2.52. The van der Waals surface area contributed by atoms with Crippen molar-refractivity contribution in [2.75, 3.05) is 6.26 Å². The van der Waals surface area contributed by atoms with Crippen molar-refractivity contribution in [2.24, 2.45) is 11.8 Å². The summed E-state index contributed by atoms with van der Waals surface area (Å²) in [4.78, 5) is 11.2. The maximum Gasteiger partial charge on any atom is 0.415 e. The van der Waals surface area contributed by atoms with Gasteiger partial charge in [0, 0.05) is 6.26 Å². The molecule has 0 heterocycles. The number of ether oxygens (including phenoxy) is 1. The summed E-state index contributed by atoms with van der Waals surface area (Å²) in [5.41, 5.74) is 0. The quantitative estimate of drug-likeness (QED) is 0.718. The second kappa shape index (κ2) is 4.05. The fourth-order valence-corrected chi connectivity index (χ4v) is 2.94. The summed E-state index contributed by atoms with van der Waals surface area (Å²) in [5, 5.41) is -3.87. The maximum atomic E-state index is 13.1. The zero-order chi connectivity index (χ0) is 11.9. The fourth-order valence-electron chi connectivity index (χ4n) is 2.65. The van der Waals surface area contributed by atoms with E-state index in [2.05, 4.69) is 0 Å². The van der Waals surface area contributed by atoms with Crippen LogP contribution in [0.4, 0.5) is 8.78 Å². The zero-order valence-corrected chi connectivity index (χ0v) is 9.77. The molecule has 0 aromatic carbocycles. The van der Waals surface area contributed by atoms with Crippen LogP contribution in [0.5, 0.6) is 0 Å². The smallest absolute Gasteiger partial charge is 0.415 e. The lowest BCUT2D eigenvalue weighted by molar-refractivity contribution is -0.168. The Morgan fingerprint density at radius 2 is 2.06 bits per heavy atom. The van der Waals surface area contributed by atoms with Gasteiger partial charge in [-0.15, -0.1) is 0 Å². The molecule has 4 atom stereocenters. The van der Waals surface area contributed by atoms with Crippen molar-refractivity contribution in [1.82, 2.24) is 0 Å². The van der Waals surface area contributed by atoms with Gasteiger partial charge in [0.2, 0.25) is 0 Å². The van der Waals surface area contributed by atoms with Gasteiger partial charge in [-0.2, -0.15) is 8.78 Å². The van der Waals surface area contributed by atoms with Gasteiger partial charge < -0.3 is 4.74 Å². The number of carbonyl (C=O) groups is 1. The Morgan fingerprint density at radius 3 is 2.50 bits per heavy atom. The number of esters is 1. The van der Waals surface area contributed by atoms with Crippen LogP contribution in [0.2, 0.25) is 0 Å². The molecule has 2 saturated carbocycles. The Hall–Kier alpha value is -0.520. The van der Waals surface area contributed by atoms with Crippen molar-refractivity contribution in [3.8, 4) is 0 Å². The average molecular weight is 252 g/mol. The van der Waals surface area contributed by atoms with Crippen LogP contribution in [0.15, 0.2) is 0 Å². The van der Waals surface area contributed by atoms with Crippen LogP contribution >= 0.6 is 0 Å². The Morgan fingerprint density at radius 1 is 1.38 bits per heavy atom. The van der Waals surface area contributed by atoms with Crippen molar-refractivity contribution in [2.45, 2.75) is 37.0 Å². The first-order chi connectivity index (χ1) is 7.41. The molecule has 0 aliphatic heterocycles. The van der Waals surface area contributed by atoms with E-state index in [1.54, 1.807) is 0 Å². The van der Waals surface area contributed by atoms with E-state index in [0.717, 1.165) is 25.5 Å². The Bertz CT molecular complexity index is 332. The highest BCUT2D eigenvalue weighted by Crippen LogP contribution is 2.46. The highest BCUT2D eigenvalue weighted by molar-refractivity contribution is 7.86. The van der Waals surface area contributed by atoms with Crippen LogP contribution in [-0.4, -0.2) is 27.8 Å². The molecule has 0 aromatic heterocycles. The van der Waals surface area contributed by atoms with Gasteiger partial charge in [0.05, 0.1) is 10.8 Å². The predicted molar refractivity (Wildman–Crippen MR) is 54.3 cm³/mol. The fraction of sp³-hybridized carbons (Fsp3) is 0.900. The van der Waals surface area contributed by atoms with E-state index >= 15 is 0 Å². The monoisotopic (exact) mass is 252 g/mol. The molecule has 0 amide bonds. The molecule has 16 heavy (non-hydrogen) atoms. The van der Waals surface area contributed by atoms with Gasteiger partial charge in [0.1, 0.15) is 6.10 Å². The first kappa shape index (κ1) is 12.0. The van der Waals surface area contributed by atoms with E-state index in [9.17, 15) is 17.8 Å². The van der Waals surface area contributed by atoms with Gasteiger partial charge in [0.25, 0.3) is 0 Å². The minimum absolute atomic E-state index is 0.232. The Balaban J connectivity index is 1.95. The second-order valence-electron chi connectivity index (χ2n) is 4.59. The lowest BCUT2D eigenvalue weighted by Gasteiger charge is -2.23. The minimum Gasteiger partial charge on any atom is -0.457 e. The third-order valence-electron chi connectivity index (χ3n) is 3.53. The van der Waals surface area contributed by atoms with Gasteiger partial charge in [-0.1, -0.05) is 0 Å². The second-order valence-corrected chi connectivity index (χ2v) is 6.01. The van der Waals surface area contributed by atoms with Gasteiger partial charge in [-0.05, 0) is 37.5 Å². The molecule has 2 fully saturated rings. The van der Waals surface area contributed by atoms with E-state index in [1.165, 1.54) is 0 Å². The maximum absolute atomic E-state index is 13.1. The predicted octanol–water partition coefficient (Wildman–Crippen LogP) is 1.69. The van der Waals surface area contributed by atoms with Gasteiger partial charge in [-0.3, -0.25) is 4.21 Å². The lowest BCUT2D eigenvalue weighted by atomic mass is 9.98. The summed E-state index contributed by atoms with van der Waals surface area (Å²) in [6, 6.07) is 0. The van der Waals surface area contributed by atoms with Crippen LogP contribution in [0.3, 0.4) is 0 Å². The van der Waals surface area contributed by atoms with E-state index in [4.69, 9.17) is 4.74 Å². The highest BCUT2D eigenvalue weighted by atomic mass is 32.2. The van der Waals surface area contributed by atoms with Gasteiger partial charge >= 0.3 is 11.2 Å². The SMILES string of the molecule is C[S@@](=O)C(F)(F)C(=O)OC1CC2CCC1C2. The number of rotatable bonds is 3. The number of hydrogen-bond donors (Lipinski definition) is 0. The molecule has 3 nitrogen and oxygen atoms in total. The third kappa shape index (κ3) is 1.99. The van der Waals surface area contributed by atoms with Crippen LogP contribution in [0.25, 0.3) is 0 Å². The highest BCUT2D eigenvalue weighted by Gasteiger charge is 2.49. The molecule has 0 saturated heterocycles. The van der Waals surface area contributed by atoms with Gasteiger partial charge in [0.15, 0.2) is 0 Å². The number of hydrogen-bond acceptors (Lipinski definition) is 3. The van der Waals surface area contributed by atoms with Crippen molar-refractivity contribution >= 4 is 16.8 Å². The lowest BCUT2D eigenvalue weighted by Crippen LogP contribution is -2.38. The summed E-state index contributed by atoms with van der Waals surface area (Å²) >= 11 is 0. The molecular formula is C10H14F2O3S. The van der Waals surface area contributed by atoms with E-state index in [0.29, 0.717) is 12.3 Å². The summed E-state index contributed by atoms with van der Waals surface area (Å²) in [5.74, 6) is -0.885. The normalized spacial score (nSPS) is 35.1. The summed E-state index contributed by atoms with van der Waals surface area (Å²) in [6.45, 7) is 0. The van der Waals surface area contributed by atoms with Crippen LogP contribution in [0, 0.1) is 11.8 Å². The molecule has 2 aliphatic carbocycles. The molecule has 6 heteroatoms. The Labute approximate surface area is 95.0 Å². The van der Waals surface area contributed by atoms with Crippen molar-refractivity contribution in [1.29, 1.82) is 0 Å².